The predicted molar refractivity (Wildman–Crippen MR) is 115 cm³/mol. The number of carbonyl (C=O) groups is 1. The minimum Gasteiger partial charge on any atom is -0.492 e. The number of anilines is 1. The van der Waals surface area contributed by atoms with Gasteiger partial charge in [0, 0.05) is 18.8 Å². The monoisotopic (exact) mass is 390 g/mol. The third-order valence-electron chi connectivity index (χ3n) is 5.41. The second kappa shape index (κ2) is 10.8. The lowest BCUT2D eigenvalue weighted by Crippen LogP contribution is -2.43. The quantitative estimate of drug-likeness (QED) is 0.635. The van der Waals surface area contributed by atoms with Gasteiger partial charge < -0.3 is 14.8 Å². The minimum atomic E-state index is -0.815. The Morgan fingerprint density at radius 1 is 1.25 bits per heavy atom. The van der Waals surface area contributed by atoms with Crippen molar-refractivity contribution in [3.63, 3.8) is 0 Å². The number of piperidine rings is 1. The van der Waals surface area contributed by atoms with Gasteiger partial charge in [-0.25, -0.2) is 0 Å². The number of hydrogen-bond acceptors (Lipinski definition) is 4. The van der Waals surface area contributed by atoms with Crippen LogP contribution in [0.4, 0.5) is 5.69 Å². The van der Waals surface area contributed by atoms with Gasteiger partial charge in [-0.05, 0) is 82.3 Å². The van der Waals surface area contributed by atoms with Crippen molar-refractivity contribution in [1.29, 1.82) is 0 Å². The molecule has 1 aromatic rings. The molecule has 28 heavy (non-hydrogen) atoms. The Labute approximate surface area is 170 Å². The van der Waals surface area contributed by atoms with Crippen molar-refractivity contribution in [2.45, 2.75) is 59.5 Å². The number of benzene rings is 1. The van der Waals surface area contributed by atoms with Crippen molar-refractivity contribution in [2.24, 2.45) is 11.8 Å². The lowest BCUT2D eigenvalue weighted by molar-refractivity contribution is -0.140. The molecule has 1 aromatic carbocycles. The van der Waals surface area contributed by atoms with Crippen LogP contribution in [0.3, 0.4) is 0 Å². The standard InChI is InChI=1S/C23H38N2O3/c1-6-28-23(5,17-18(2)3)22(26)24-20-7-9-21(10-8-20)27-16-15-25-13-11-19(4)12-14-25/h7-10,18-19H,6,11-17H2,1-5H3,(H,24,26)/t23-/m1/s1. The SMILES string of the molecule is CCO[C@](C)(CC(C)C)C(=O)Nc1ccc(OCCN2CCC(C)CC2)cc1. The Morgan fingerprint density at radius 3 is 2.46 bits per heavy atom. The number of rotatable bonds is 10. The molecule has 0 spiro atoms. The molecule has 5 heteroatoms. The lowest BCUT2D eigenvalue weighted by Gasteiger charge is -2.30. The van der Waals surface area contributed by atoms with Gasteiger partial charge in [-0.15, -0.1) is 0 Å². The maximum absolute atomic E-state index is 12.7. The molecule has 5 nitrogen and oxygen atoms in total. The Kier molecular flexibility index (Phi) is 8.77. The fourth-order valence-corrected chi connectivity index (χ4v) is 3.79. The van der Waals surface area contributed by atoms with Gasteiger partial charge in [0.05, 0.1) is 0 Å². The smallest absolute Gasteiger partial charge is 0.256 e. The molecule has 1 aliphatic rings. The minimum absolute atomic E-state index is 0.101. The summed E-state index contributed by atoms with van der Waals surface area (Å²) in [6, 6.07) is 7.60. The van der Waals surface area contributed by atoms with E-state index in [4.69, 9.17) is 9.47 Å². The van der Waals surface area contributed by atoms with Crippen LogP contribution in [-0.4, -0.2) is 49.3 Å². The first-order chi connectivity index (χ1) is 13.3. The van der Waals surface area contributed by atoms with Crippen molar-refractivity contribution in [2.75, 3.05) is 38.2 Å². The fraction of sp³-hybridized carbons (Fsp3) is 0.696. The van der Waals surface area contributed by atoms with Gasteiger partial charge >= 0.3 is 0 Å². The van der Waals surface area contributed by atoms with Crippen LogP contribution in [0.2, 0.25) is 0 Å². The molecule has 1 heterocycles. The zero-order valence-corrected chi connectivity index (χ0v) is 18.3. The van der Waals surface area contributed by atoms with Gasteiger partial charge in [-0.3, -0.25) is 9.69 Å². The van der Waals surface area contributed by atoms with Crippen molar-refractivity contribution in [3.8, 4) is 5.75 Å². The number of amides is 1. The van der Waals surface area contributed by atoms with E-state index >= 15 is 0 Å². The molecule has 0 aliphatic carbocycles. The Bertz CT molecular complexity index is 594. The maximum Gasteiger partial charge on any atom is 0.256 e. The highest BCUT2D eigenvalue weighted by Gasteiger charge is 2.34. The van der Waals surface area contributed by atoms with Crippen molar-refractivity contribution in [3.05, 3.63) is 24.3 Å². The Balaban J connectivity index is 1.81. The highest BCUT2D eigenvalue weighted by molar-refractivity contribution is 5.97. The molecule has 0 aromatic heterocycles. The summed E-state index contributed by atoms with van der Waals surface area (Å²) < 4.78 is 11.6. The van der Waals surface area contributed by atoms with Gasteiger partial charge in [-0.2, -0.15) is 0 Å². The zero-order chi connectivity index (χ0) is 20.6. The number of ether oxygens (including phenoxy) is 2. The predicted octanol–water partition coefficient (Wildman–Crippen LogP) is 4.58. The van der Waals surface area contributed by atoms with Crippen LogP contribution in [0.15, 0.2) is 24.3 Å². The van der Waals surface area contributed by atoms with E-state index < -0.39 is 5.60 Å². The lowest BCUT2D eigenvalue weighted by atomic mass is 9.93. The number of likely N-dealkylation sites (tertiary alicyclic amines) is 1. The summed E-state index contributed by atoms with van der Waals surface area (Å²) in [6.07, 6.45) is 3.25. The second-order valence-corrected chi connectivity index (χ2v) is 8.61. The molecule has 1 aliphatic heterocycles. The molecule has 158 valence electrons. The third-order valence-corrected chi connectivity index (χ3v) is 5.41. The molecule has 0 unspecified atom stereocenters. The van der Waals surface area contributed by atoms with Crippen molar-refractivity contribution in [1.82, 2.24) is 4.90 Å². The van der Waals surface area contributed by atoms with Crippen LogP contribution in [0.5, 0.6) is 5.75 Å². The molecule has 0 radical (unpaired) electrons. The first-order valence-corrected chi connectivity index (χ1v) is 10.7. The van der Waals surface area contributed by atoms with Crippen molar-refractivity contribution >= 4 is 11.6 Å². The van der Waals surface area contributed by atoms with Crippen molar-refractivity contribution < 1.29 is 14.3 Å². The highest BCUT2D eigenvalue weighted by Crippen LogP contribution is 2.24. The summed E-state index contributed by atoms with van der Waals surface area (Å²) >= 11 is 0. The van der Waals surface area contributed by atoms with E-state index in [-0.39, 0.29) is 5.91 Å². The molecule has 1 fully saturated rings. The summed E-state index contributed by atoms with van der Waals surface area (Å²) in [5.74, 6) is 1.96. The number of hydrogen-bond donors (Lipinski definition) is 1. The first-order valence-electron chi connectivity index (χ1n) is 10.7. The molecule has 1 N–H and O–H groups in total. The number of nitrogens with one attached hydrogen (secondary N) is 1. The van der Waals surface area contributed by atoms with E-state index in [0.29, 0.717) is 25.6 Å². The molecule has 0 bridgehead atoms. The Morgan fingerprint density at radius 2 is 1.89 bits per heavy atom. The van der Waals surface area contributed by atoms with Crippen LogP contribution in [0.25, 0.3) is 0 Å². The second-order valence-electron chi connectivity index (χ2n) is 8.61. The summed E-state index contributed by atoms with van der Waals surface area (Å²) in [4.78, 5) is 15.2. The summed E-state index contributed by atoms with van der Waals surface area (Å²) in [5, 5.41) is 2.98. The number of nitrogens with zero attached hydrogens (tertiary/aromatic N) is 1. The first kappa shape index (κ1) is 22.7. The molecule has 1 amide bonds. The van der Waals surface area contributed by atoms with Crippen LogP contribution < -0.4 is 10.1 Å². The topological polar surface area (TPSA) is 50.8 Å². The Hall–Kier alpha value is -1.59. The third kappa shape index (κ3) is 7.10. The number of carbonyl (C=O) groups excluding carboxylic acids is 1. The molecule has 1 saturated heterocycles. The average Bonchev–Trinajstić information content (AvgIpc) is 2.64. The largest absolute Gasteiger partial charge is 0.492 e. The van der Waals surface area contributed by atoms with E-state index in [1.165, 1.54) is 25.9 Å². The van der Waals surface area contributed by atoms with E-state index in [1.54, 1.807) is 0 Å². The molecule has 0 saturated carbocycles. The van der Waals surface area contributed by atoms with Crippen LogP contribution >= 0.6 is 0 Å². The van der Waals surface area contributed by atoms with Crippen LogP contribution in [0.1, 0.15) is 53.9 Å². The van der Waals surface area contributed by atoms with Gasteiger partial charge in [0.1, 0.15) is 18.0 Å². The fourth-order valence-electron chi connectivity index (χ4n) is 3.79. The van der Waals surface area contributed by atoms with E-state index in [1.807, 2.05) is 38.1 Å². The van der Waals surface area contributed by atoms with Crippen LogP contribution in [0, 0.1) is 11.8 Å². The highest BCUT2D eigenvalue weighted by atomic mass is 16.5. The van der Waals surface area contributed by atoms with Gasteiger partial charge in [-0.1, -0.05) is 20.8 Å². The van der Waals surface area contributed by atoms with Gasteiger partial charge in [0.25, 0.3) is 5.91 Å². The average molecular weight is 391 g/mol. The van der Waals surface area contributed by atoms with E-state index in [0.717, 1.165) is 23.9 Å². The van der Waals surface area contributed by atoms with E-state index in [9.17, 15) is 4.79 Å². The summed E-state index contributed by atoms with van der Waals surface area (Å²) in [7, 11) is 0. The maximum atomic E-state index is 12.7. The van der Waals surface area contributed by atoms with Gasteiger partial charge in [0.2, 0.25) is 0 Å². The molecule has 2 rings (SSSR count). The molecule has 1 atom stereocenters. The zero-order valence-electron chi connectivity index (χ0n) is 18.3. The summed E-state index contributed by atoms with van der Waals surface area (Å²) in [6.45, 7) is 14.8. The van der Waals surface area contributed by atoms with Gasteiger partial charge in [0.15, 0.2) is 0 Å². The molecular formula is C23H38N2O3. The van der Waals surface area contributed by atoms with Crippen LogP contribution in [-0.2, 0) is 9.53 Å². The normalized spacial score (nSPS) is 18.1. The summed E-state index contributed by atoms with van der Waals surface area (Å²) in [5.41, 5.74) is -0.0543. The molecular weight excluding hydrogens is 352 g/mol. The van der Waals surface area contributed by atoms with E-state index in [2.05, 4.69) is 31.0 Å².